The first-order valence-electron chi connectivity index (χ1n) is 7.94. The van der Waals surface area contributed by atoms with Gasteiger partial charge in [-0.25, -0.2) is 4.99 Å². The van der Waals surface area contributed by atoms with E-state index >= 15 is 0 Å². The highest BCUT2D eigenvalue weighted by Crippen LogP contribution is 2.11. The molecule has 0 saturated heterocycles. The number of aromatic amines is 1. The third kappa shape index (κ3) is 5.94. The van der Waals surface area contributed by atoms with E-state index in [1.807, 2.05) is 37.4 Å². The van der Waals surface area contributed by atoms with Crippen molar-refractivity contribution >= 4 is 17.6 Å². The highest BCUT2D eigenvalue weighted by atomic mass is 35.5. The molecule has 1 heterocycles. The van der Waals surface area contributed by atoms with Crippen LogP contribution in [0.4, 0.5) is 0 Å². The van der Waals surface area contributed by atoms with Crippen molar-refractivity contribution in [3.63, 3.8) is 0 Å². The molecular formula is C17H24ClN5. The Bertz CT molecular complexity index is 635. The fourth-order valence-electron chi connectivity index (χ4n) is 2.26. The number of aromatic nitrogens is 2. The van der Waals surface area contributed by atoms with Crippen LogP contribution in [0.1, 0.15) is 30.2 Å². The second-order valence-corrected chi connectivity index (χ2v) is 5.81. The van der Waals surface area contributed by atoms with Crippen LogP contribution >= 0.6 is 11.6 Å². The van der Waals surface area contributed by atoms with Gasteiger partial charge in [0.25, 0.3) is 0 Å². The molecule has 0 spiro atoms. The van der Waals surface area contributed by atoms with Crippen molar-refractivity contribution in [1.82, 2.24) is 20.8 Å². The third-order valence-electron chi connectivity index (χ3n) is 3.50. The monoisotopic (exact) mass is 333 g/mol. The Morgan fingerprint density at radius 3 is 2.91 bits per heavy atom. The van der Waals surface area contributed by atoms with E-state index in [0.717, 1.165) is 48.2 Å². The minimum atomic E-state index is 0.608. The molecule has 0 aliphatic heterocycles. The lowest BCUT2D eigenvalue weighted by molar-refractivity contribution is 0.742. The quantitative estimate of drug-likeness (QED) is 0.414. The molecule has 0 aliphatic rings. The summed E-state index contributed by atoms with van der Waals surface area (Å²) in [5, 5.41) is 14.4. The molecule has 0 unspecified atom stereocenters. The molecule has 5 nitrogen and oxygen atoms in total. The molecule has 124 valence electrons. The fourth-order valence-corrected chi connectivity index (χ4v) is 2.47. The minimum Gasteiger partial charge on any atom is -0.357 e. The number of aryl methyl sites for hydroxylation is 2. The third-order valence-corrected chi connectivity index (χ3v) is 3.74. The summed E-state index contributed by atoms with van der Waals surface area (Å²) in [5.74, 6) is 0.830. The number of nitrogens with zero attached hydrogens (tertiary/aromatic N) is 2. The molecule has 0 atom stereocenters. The van der Waals surface area contributed by atoms with Gasteiger partial charge in [-0.3, -0.25) is 5.10 Å². The minimum absolute atomic E-state index is 0.608. The van der Waals surface area contributed by atoms with Crippen LogP contribution < -0.4 is 10.6 Å². The molecule has 23 heavy (non-hydrogen) atoms. The Morgan fingerprint density at radius 1 is 1.35 bits per heavy atom. The number of guanidine groups is 1. The number of hydrogen-bond donors (Lipinski definition) is 3. The predicted octanol–water partition coefficient (Wildman–Crippen LogP) is 3.06. The molecule has 0 fully saturated rings. The van der Waals surface area contributed by atoms with Crippen LogP contribution in [0.5, 0.6) is 0 Å². The normalized spacial score (nSPS) is 11.5. The first kappa shape index (κ1) is 17.3. The van der Waals surface area contributed by atoms with Crippen molar-refractivity contribution in [2.75, 3.05) is 13.1 Å². The van der Waals surface area contributed by atoms with Crippen LogP contribution in [0.15, 0.2) is 35.5 Å². The summed E-state index contributed by atoms with van der Waals surface area (Å²) in [6, 6.07) is 7.79. The van der Waals surface area contributed by atoms with Crippen LogP contribution in [0.2, 0.25) is 5.02 Å². The zero-order valence-corrected chi connectivity index (χ0v) is 14.5. The maximum atomic E-state index is 6.00. The van der Waals surface area contributed by atoms with Gasteiger partial charge in [-0.2, -0.15) is 5.10 Å². The molecule has 0 bridgehead atoms. The Labute approximate surface area is 142 Å². The maximum absolute atomic E-state index is 6.00. The van der Waals surface area contributed by atoms with Crippen LogP contribution in [-0.2, 0) is 13.0 Å². The van der Waals surface area contributed by atoms with E-state index in [2.05, 4.69) is 32.7 Å². The molecule has 1 aromatic carbocycles. The summed E-state index contributed by atoms with van der Waals surface area (Å²) >= 11 is 6.00. The zero-order chi connectivity index (χ0) is 16.5. The van der Waals surface area contributed by atoms with Crippen molar-refractivity contribution in [2.45, 2.75) is 33.2 Å². The zero-order valence-electron chi connectivity index (χ0n) is 13.7. The Kier molecular flexibility index (Phi) is 6.94. The Morgan fingerprint density at radius 2 is 2.22 bits per heavy atom. The fraction of sp³-hybridized carbons (Fsp3) is 0.412. The lowest BCUT2D eigenvalue weighted by atomic mass is 10.1. The van der Waals surface area contributed by atoms with Crippen molar-refractivity contribution < 1.29 is 0 Å². The lowest BCUT2D eigenvalue weighted by Gasteiger charge is -2.11. The molecule has 0 amide bonds. The molecule has 2 rings (SSSR count). The number of nitrogens with one attached hydrogen (secondary N) is 3. The van der Waals surface area contributed by atoms with Crippen LogP contribution in [-0.4, -0.2) is 29.2 Å². The molecule has 0 saturated carbocycles. The Hall–Kier alpha value is -2.01. The highest BCUT2D eigenvalue weighted by molar-refractivity contribution is 6.30. The molecular weight excluding hydrogens is 310 g/mol. The first-order chi connectivity index (χ1) is 11.2. The topological polar surface area (TPSA) is 65.1 Å². The van der Waals surface area contributed by atoms with E-state index in [9.17, 15) is 0 Å². The van der Waals surface area contributed by atoms with Gasteiger partial charge in [-0.1, -0.05) is 23.7 Å². The van der Waals surface area contributed by atoms with Gasteiger partial charge in [0.05, 0.1) is 12.7 Å². The largest absolute Gasteiger partial charge is 0.357 e. The van der Waals surface area contributed by atoms with Crippen molar-refractivity contribution in [3.05, 3.63) is 52.3 Å². The van der Waals surface area contributed by atoms with Crippen molar-refractivity contribution in [3.8, 4) is 0 Å². The van der Waals surface area contributed by atoms with Gasteiger partial charge >= 0.3 is 0 Å². The van der Waals surface area contributed by atoms with E-state index in [1.54, 1.807) is 0 Å². The summed E-state index contributed by atoms with van der Waals surface area (Å²) in [6.07, 6.45) is 3.93. The van der Waals surface area contributed by atoms with E-state index in [1.165, 1.54) is 5.56 Å². The van der Waals surface area contributed by atoms with Crippen molar-refractivity contribution in [1.29, 1.82) is 0 Å². The number of rotatable bonds is 7. The van der Waals surface area contributed by atoms with Gasteiger partial charge in [-0.05, 0) is 49.9 Å². The second kappa shape index (κ2) is 9.20. The van der Waals surface area contributed by atoms with E-state index in [-0.39, 0.29) is 0 Å². The number of aliphatic imine (C=N–C) groups is 1. The van der Waals surface area contributed by atoms with Crippen LogP contribution in [0.25, 0.3) is 0 Å². The van der Waals surface area contributed by atoms with Crippen LogP contribution in [0, 0.1) is 6.92 Å². The number of H-pyrrole nitrogens is 1. The smallest absolute Gasteiger partial charge is 0.191 e. The highest BCUT2D eigenvalue weighted by Gasteiger charge is 2.01. The first-order valence-corrected chi connectivity index (χ1v) is 8.32. The SMILES string of the molecule is CCNC(=NCc1cccc(Cl)c1)NCCCc1cn[nH]c1C. The summed E-state index contributed by atoms with van der Waals surface area (Å²) in [4.78, 5) is 4.59. The molecule has 2 aromatic rings. The number of halogens is 1. The van der Waals surface area contributed by atoms with Crippen molar-refractivity contribution in [2.24, 2.45) is 4.99 Å². The maximum Gasteiger partial charge on any atom is 0.191 e. The van der Waals surface area contributed by atoms with Gasteiger partial charge in [-0.15, -0.1) is 0 Å². The second-order valence-electron chi connectivity index (χ2n) is 5.38. The van der Waals surface area contributed by atoms with Crippen LogP contribution in [0.3, 0.4) is 0 Å². The molecule has 6 heteroatoms. The van der Waals surface area contributed by atoms with E-state index in [4.69, 9.17) is 11.6 Å². The van der Waals surface area contributed by atoms with Gasteiger partial charge < -0.3 is 10.6 Å². The van der Waals surface area contributed by atoms with Gasteiger partial charge in [0.1, 0.15) is 0 Å². The predicted molar refractivity (Wildman–Crippen MR) is 95.9 cm³/mol. The van der Waals surface area contributed by atoms with Gasteiger partial charge in [0, 0.05) is 23.8 Å². The van der Waals surface area contributed by atoms with E-state index < -0.39 is 0 Å². The molecule has 0 aliphatic carbocycles. The Balaban J connectivity index is 1.80. The summed E-state index contributed by atoms with van der Waals surface area (Å²) in [6.45, 7) is 6.42. The summed E-state index contributed by atoms with van der Waals surface area (Å²) in [5.41, 5.74) is 3.52. The number of benzene rings is 1. The standard InChI is InChI=1S/C17H24ClN5/c1-3-19-17(21-11-14-6-4-8-16(18)10-14)20-9-5-7-15-12-22-23-13(15)2/h4,6,8,10,12H,3,5,7,9,11H2,1-2H3,(H,22,23)(H2,19,20,21). The molecule has 1 aromatic heterocycles. The van der Waals surface area contributed by atoms with E-state index in [0.29, 0.717) is 6.54 Å². The molecule has 0 radical (unpaired) electrons. The average molecular weight is 334 g/mol. The summed E-state index contributed by atoms with van der Waals surface area (Å²) in [7, 11) is 0. The molecule has 3 N–H and O–H groups in total. The summed E-state index contributed by atoms with van der Waals surface area (Å²) < 4.78 is 0. The van der Waals surface area contributed by atoms with Gasteiger partial charge in [0.15, 0.2) is 5.96 Å². The average Bonchev–Trinajstić information content (AvgIpc) is 2.94. The van der Waals surface area contributed by atoms with Gasteiger partial charge in [0.2, 0.25) is 0 Å². The lowest BCUT2D eigenvalue weighted by Crippen LogP contribution is -2.37. The number of hydrogen-bond acceptors (Lipinski definition) is 2.